The van der Waals surface area contributed by atoms with Gasteiger partial charge in [-0.1, -0.05) is 24.3 Å². The molecule has 30 heavy (non-hydrogen) atoms. The Morgan fingerprint density at radius 3 is 2.40 bits per heavy atom. The van der Waals surface area contributed by atoms with E-state index in [2.05, 4.69) is 17.0 Å². The molecule has 9 heteroatoms. The molecule has 162 valence electrons. The Balaban J connectivity index is 1.45. The number of sulfonamides is 1. The zero-order valence-corrected chi connectivity index (χ0v) is 17.9. The number of hydrogen-bond acceptors (Lipinski definition) is 7. The summed E-state index contributed by atoms with van der Waals surface area (Å²) in [6.45, 7) is 4.14. The molecule has 1 aromatic heterocycles. The highest BCUT2D eigenvalue weighted by Crippen LogP contribution is 2.26. The van der Waals surface area contributed by atoms with Gasteiger partial charge in [0.15, 0.2) is 0 Å². The first-order valence-corrected chi connectivity index (χ1v) is 12.0. The molecular formula is C21H27N3O5S. The van der Waals surface area contributed by atoms with E-state index in [9.17, 15) is 18.3 Å². The number of nitrogens with zero attached hydrogens (tertiary/aromatic N) is 3. The van der Waals surface area contributed by atoms with E-state index in [1.165, 1.54) is 28.0 Å². The largest absolute Gasteiger partial charge is 0.507 e. The Hall–Kier alpha value is -2.20. The molecule has 0 atom stereocenters. The number of fused-ring (bicyclic) bond motifs is 1. The quantitative estimate of drug-likeness (QED) is 0.751. The minimum absolute atomic E-state index is 0.0179. The van der Waals surface area contributed by atoms with Gasteiger partial charge in [-0.3, -0.25) is 9.80 Å². The van der Waals surface area contributed by atoms with Crippen molar-refractivity contribution in [2.24, 2.45) is 0 Å². The summed E-state index contributed by atoms with van der Waals surface area (Å²) in [5.74, 6) is -0.0179. The fourth-order valence-corrected chi connectivity index (χ4v) is 4.99. The molecule has 0 amide bonds. The van der Waals surface area contributed by atoms with E-state index in [0.29, 0.717) is 38.3 Å². The Morgan fingerprint density at radius 2 is 1.70 bits per heavy atom. The van der Waals surface area contributed by atoms with Crippen LogP contribution < -0.4 is 5.63 Å². The van der Waals surface area contributed by atoms with E-state index in [1.54, 1.807) is 0 Å². The summed E-state index contributed by atoms with van der Waals surface area (Å²) in [5.41, 5.74) is 2.92. The van der Waals surface area contributed by atoms with Crippen LogP contribution >= 0.6 is 0 Å². The van der Waals surface area contributed by atoms with Crippen molar-refractivity contribution < 1.29 is 17.9 Å². The van der Waals surface area contributed by atoms with Gasteiger partial charge in [-0.2, -0.15) is 4.31 Å². The Bertz CT molecular complexity index is 1070. The summed E-state index contributed by atoms with van der Waals surface area (Å²) < 4.78 is 30.0. The average molecular weight is 434 g/mol. The Labute approximate surface area is 176 Å². The van der Waals surface area contributed by atoms with Gasteiger partial charge in [0, 0.05) is 57.9 Å². The van der Waals surface area contributed by atoms with Crippen molar-refractivity contribution in [3.63, 3.8) is 0 Å². The van der Waals surface area contributed by atoms with Crippen LogP contribution in [0.5, 0.6) is 5.75 Å². The molecule has 0 radical (unpaired) electrons. The van der Waals surface area contributed by atoms with Crippen molar-refractivity contribution in [1.29, 1.82) is 0 Å². The van der Waals surface area contributed by atoms with Crippen LogP contribution in [0, 0.1) is 0 Å². The number of rotatable bonds is 5. The Morgan fingerprint density at radius 1 is 1.00 bits per heavy atom. The molecule has 0 aliphatic carbocycles. The molecule has 4 rings (SSSR count). The first kappa shape index (κ1) is 21.0. The molecule has 1 fully saturated rings. The molecule has 1 N–H and O–H groups in total. The summed E-state index contributed by atoms with van der Waals surface area (Å²) in [7, 11) is -3.21. The molecule has 0 bridgehead atoms. The van der Waals surface area contributed by atoms with Crippen LogP contribution in [0.3, 0.4) is 0 Å². The van der Waals surface area contributed by atoms with E-state index in [1.807, 2.05) is 17.0 Å². The van der Waals surface area contributed by atoms with E-state index < -0.39 is 15.6 Å². The highest BCUT2D eigenvalue weighted by atomic mass is 32.2. The second kappa shape index (κ2) is 8.50. The smallest absolute Gasteiger partial charge is 0.343 e. The fraction of sp³-hybridized carbons (Fsp3) is 0.476. The Kier molecular flexibility index (Phi) is 5.97. The lowest BCUT2D eigenvalue weighted by Gasteiger charge is -2.33. The van der Waals surface area contributed by atoms with E-state index in [4.69, 9.17) is 4.42 Å². The van der Waals surface area contributed by atoms with Crippen molar-refractivity contribution >= 4 is 10.0 Å². The van der Waals surface area contributed by atoms with Gasteiger partial charge < -0.3 is 9.52 Å². The summed E-state index contributed by atoms with van der Waals surface area (Å²) in [4.78, 5) is 16.5. The third kappa shape index (κ3) is 4.59. The predicted molar refractivity (Wildman–Crippen MR) is 113 cm³/mol. The molecule has 2 aromatic rings. The van der Waals surface area contributed by atoms with Crippen molar-refractivity contribution in [2.45, 2.75) is 26.1 Å². The van der Waals surface area contributed by atoms with Gasteiger partial charge >= 0.3 is 5.63 Å². The maximum absolute atomic E-state index is 12.3. The molecule has 3 heterocycles. The zero-order valence-electron chi connectivity index (χ0n) is 17.1. The molecular weight excluding hydrogens is 406 g/mol. The standard InChI is InChI=1S/C21H27N3O5S/c1-30(27,28)24-10-8-22(9-11-24)14-19-20(25)18(15-29-21(19)26)13-23-7-6-16-4-2-3-5-17(16)12-23/h2-5,15,25H,6-14H2,1H3. The van der Waals surface area contributed by atoms with Gasteiger partial charge in [-0.05, 0) is 17.5 Å². The third-order valence-corrected chi connectivity index (χ3v) is 7.23. The van der Waals surface area contributed by atoms with Gasteiger partial charge in [0.05, 0.1) is 11.8 Å². The number of hydrogen-bond donors (Lipinski definition) is 1. The van der Waals surface area contributed by atoms with Crippen molar-refractivity contribution in [3.8, 4) is 5.75 Å². The predicted octanol–water partition coefficient (Wildman–Crippen LogP) is 0.981. The maximum Gasteiger partial charge on any atom is 0.343 e. The molecule has 1 saturated heterocycles. The number of benzene rings is 1. The van der Waals surface area contributed by atoms with Crippen molar-refractivity contribution in [3.05, 3.63) is 63.2 Å². The first-order valence-electron chi connectivity index (χ1n) is 10.1. The number of aromatic hydroxyl groups is 1. The highest BCUT2D eigenvalue weighted by molar-refractivity contribution is 7.88. The summed E-state index contributed by atoms with van der Waals surface area (Å²) in [6, 6.07) is 8.35. The number of piperazine rings is 1. The van der Waals surface area contributed by atoms with Gasteiger partial charge in [0.1, 0.15) is 12.0 Å². The monoisotopic (exact) mass is 433 g/mol. The van der Waals surface area contributed by atoms with E-state index in [0.717, 1.165) is 19.5 Å². The van der Waals surface area contributed by atoms with Crippen LogP contribution in [0.25, 0.3) is 0 Å². The fourth-order valence-electron chi connectivity index (χ4n) is 4.17. The van der Waals surface area contributed by atoms with Crippen LogP contribution in [0.2, 0.25) is 0 Å². The van der Waals surface area contributed by atoms with E-state index >= 15 is 0 Å². The van der Waals surface area contributed by atoms with Crippen LogP contribution in [-0.2, 0) is 36.1 Å². The first-order chi connectivity index (χ1) is 14.3. The van der Waals surface area contributed by atoms with E-state index in [-0.39, 0.29) is 17.9 Å². The van der Waals surface area contributed by atoms with Crippen LogP contribution in [0.1, 0.15) is 22.3 Å². The average Bonchev–Trinajstić information content (AvgIpc) is 2.73. The second-order valence-corrected chi connectivity index (χ2v) is 10.0. The summed E-state index contributed by atoms with van der Waals surface area (Å²) in [6.07, 6.45) is 3.50. The lowest BCUT2D eigenvalue weighted by molar-refractivity contribution is 0.177. The zero-order chi connectivity index (χ0) is 21.3. The maximum atomic E-state index is 12.3. The molecule has 0 unspecified atom stereocenters. The van der Waals surface area contributed by atoms with Crippen LogP contribution in [0.4, 0.5) is 0 Å². The molecule has 2 aliphatic heterocycles. The highest BCUT2D eigenvalue weighted by Gasteiger charge is 2.26. The van der Waals surface area contributed by atoms with Crippen LogP contribution in [-0.4, -0.2) is 66.6 Å². The van der Waals surface area contributed by atoms with Crippen molar-refractivity contribution in [2.75, 3.05) is 39.0 Å². The van der Waals surface area contributed by atoms with Gasteiger partial charge in [-0.25, -0.2) is 13.2 Å². The van der Waals surface area contributed by atoms with Gasteiger partial charge in [0.25, 0.3) is 0 Å². The third-order valence-electron chi connectivity index (χ3n) is 5.93. The topological polar surface area (TPSA) is 94.3 Å². The minimum Gasteiger partial charge on any atom is -0.507 e. The lowest BCUT2D eigenvalue weighted by atomic mass is 9.99. The van der Waals surface area contributed by atoms with Gasteiger partial charge in [-0.15, -0.1) is 0 Å². The van der Waals surface area contributed by atoms with Crippen LogP contribution in [0.15, 0.2) is 39.7 Å². The second-order valence-electron chi connectivity index (χ2n) is 8.04. The summed E-state index contributed by atoms with van der Waals surface area (Å²) >= 11 is 0. The molecule has 8 nitrogen and oxygen atoms in total. The minimum atomic E-state index is -3.21. The SMILES string of the molecule is CS(=O)(=O)N1CCN(Cc2c(O)c(CN3CCc4ccccc4C3)coc2=O)CC1. The normalized spacial score (nSPS) is 19.0. The molecule has 0 saturated carbocycles. The summed E-state index contributed by atoms with van der Waals surface area (Å²) in [5, 5.41) is 10.8. The molecule has 0 spiro atoms. The molecule has 1 aromatic carbocycles. The molecule has 2 aliphatic rings. The van der Waals surface area contributed by atoms with Crippen molar-refractivity contribution in [1.82, 2.24) is 14.1 Å². The lowest BCUT2D eigenvalue weighted by Crippen LogP contribution is -2.48. The van der Waals surface area contributed by atoms with Gasteiger partial charge in [0.2, 0.25) is 10.0 Å².